The summed E-state index contributed by atoms with van der Waals surface area (Å²) in [6, 6.07) is 13.8. The summed E-state index contributed by atoms with van der Waals surface area (Å²) >= 11 is 0. The standard InChI is InChI=1S/C16H18FN3O2/c1-2-22-16(21)19-15-9-8-13(10-14(15)18)20(17)11-12-6-4-3-5-7-12/h3-10H,2,11,18H2,1H3,(H,19,21). The third kappa shape index (κ3) is 4.12. The van der Waals surface area contributed by atoms with E-state index in [0.29, 0.717) is 16.5 Å². The van der Waals surface area contributed by atoms with Crippen LogP contribution in [0.2, 0.25) is 0 Å². The first-order chi connectivity index (χ1) is 10.6. The van der Waals surface area contributed by atoms with Gasteiger partial charge in [-0.15, -0.1) is 0 Å². The number of nitrogens with zero attached hydrogens (tertiary/aromatic N) is 1. The predicted octanol–water partition coefficient (Wildman–Crippen LogP) is 3.73. The summed E-state index contributed by atoms with van der Waals surface area (Å²) in [7, 11) is 0. The minimum Gasteiger partial charge on any atom is -0.450 e. The van der Waals surface area contributed by atoms with Gasteiger partial charge < -0.3 is 10.5 Å². The molecule has 0 aromatic heterocycles. The molecule has 0 radical (unpaired) electrons. The van der Waals surface area contributed by atoms with Crippen molar-refractivity contribution in [2.75, 3.05) is 22.8 Å². The maximum atomic E-state index is 14.2. The van der Waals surface area contributed by atoms with Crippen molar-refractivity contribution in [3.8, 4) is 0 Å². The number of nitrogens with two attached hydrogens (primary N) is 1. The van der Waals surface area contributed by atoms with Crippen LogP contribution >= 0.6 is 0 Å². The lowest BCUT2D eigenvalue weighted by Crippen LogP contribution is -2.15. The van der Waals surface area contributed by atoms with E-state index < -0.39 is 6.09 Å². The summed E-state index contributed by atoms with van der Waals surface area (Å²) in [6.45, 7) is 2.08. The maximum Gasteiger partial charge on any atom is 0.411 e. The summed E-state index contributed by atoms with van der Waals surface area (Å²) in [5.74, 6) is 0. The van der Waals surface area contributed by atoms with Gasteiger partial charge in [-0.25, -0.2) is 9.92 Å². The Morgan fingerprint density at radius 3 is 2.64 bits per heavy atom. The van der Waals surface area contributed by atoms with Crippen LogP contribution in [-0.2, 0) is 11.3 Å². The first kappa shape index (κ1) is 15.6. The molecule has 116 valence electrons. The highest BCUT2D eigenvalue weighted by Crippen LogP contribution is 2.26. The van der Waals surface area contributed by atoms with Crippen LogP contribution < -0.4 is 16.2 Å². The van der Waals surface area contributed by atoms with Gasteiger partial charge in [0.15, 0.2) is 0 Å². The highest BCUT2D eigenvalue weighted by Gasteiger charge is 2.10. The second-order valence-corrected chi connectivity index (χ2v) is 4.62. The lowest BCUT2D eigenvalue weighted by molar-refractivity contribution is 0.168. The highest BCUT2D eigenvalue weighted by molar-refractivity contribution is 5.89. The van der Waals surface area contributed by atoms with Gasteiger partial charge in [0, 0.05) is 0 Å². The van der Waals surface area contributed by atoms with E-state index in [-0.39, 0.29) is 18.8 Å². The quantitative estimate of drug-likeness (QED) is 0.652. The van der Waals surface area contributed by atoms with E-state index in [1.807, 2.05) is 30.3 Å². The van der Waals surface area contributed by atoms with E-state index in [1.54, 1.807) is 19.1 Å². The minimum atomic E-state index is -0.594. The number of amides is 1. The Hall–Kier alpha value is -2.76. The SMILES string of the molecule is CCOC(=O)Nc1ccc(N(F)Cc2ccccc2)cc1N. The molecular formula is C16H18FN3O2. The van der Waals surface area contributed by atoms with Crippen molar-refractivity contribution in [1.29, 1.82) is 0 Å². The molecule has 0 saturated heterocycles. The first-order valence-corrected chi connectivity index (χ1v) is 6.90. The molecule has 2 rings (SSSR count). The van der Waals surface area contributed by atoms with Crippen LogP contribution in [0.4, 0.5) is 26.3 Å². The number of hydrogen-bond donors (Lipinski definition) is 2. The largest absolute Gasteiger partial charge is 0.450 e. The molecule has 2 aromatic rings. The molecule has 0 saturated carbocycles. The summed E-state index contributed by atoms with van der Waals surface area (Å²) in [5, 5.41) is 3.10. The van der Waals surface area contributed by atoms with Gasteiger partial charge in [-0.2, -0.15) is 0 Å². The molecular weight excluding hydrogens is 285 g/mol. The molecule has 6 heteroatoms. The molecule has 22 heavy (non-hydrogen) atoms. The number of halogens is 1. The third-order valence-corrected chi connectivity index (χ3v) is 2.99. The van der Waals surface area contributed by atoms with E-state index in [0.717, 1.165) is 5.56 Å². The van der Waals surface area contributed by atoms with Crippen LogP contribution in [0.5, 0.6) is 0 Å². The zero-order chi connectivity index (χ0) is 15.9. The second-order valence-electron chi connectivity index (χ2n) is 4.62. The van der Waals surface area contributed by atoms with Crippen molar-refractivity contribution < 1.29 is 14.0 Å². The molecule has 0 atom stereocenters. The lowest BCUT2D eigenvalue weighted by atomic mass is 10.2. The fraction of sp³-hybridized carbons (Fsp3) is 0.188. The van der Waals surface area contributed by atoms with Crippen molar-refractivity contribution in [2.24, 2.45) is 0 Å². The minimum absolute atomic E-state index is 0.116. The van der Waals surface area contributed by atoms with Crippen molar-refractivity contribution in [1.82, 2.24) is 0 Å². The number of anilines is 3. The molecule has 5 nitrogen and oxygen atoms in total. The monoisotopic (exact) mass is 303 g/mol. The van der Waals surface area contributed by atoms with E-state index in [4.69, 9.17) is 10.5 Å². The average molecular weight is 303 g/mol. The lowest BCUT2D eigenvalue weighted by Gasteiger charge is -2.16. The zero-order valence-electron chi connectivity index (χ0n) is 12.3. The molecule has 0 aliphatic rings. The number of carbonyl (C=O) groups excluding carboxylic acids is 1. The van der Waals surface area contributed by atoms with E-state index in [2.05, 4.69) is 5.32 Å². The Labute approximate surface area is 128 Å². The van der Waals surface area contributed by atoms with Crippen LogP contribution in [0.3, 0.4) is 0 Å². The van der Waals surface area contributed by atoms with E-state index in [9.17, 15) is 9.28 Å². The van der Waals surface area contributed by atoms with Crippen LogP contribution in [0.25, 0.3) is 0 Å². The molecule has 0 aliphatic carbocycles. The number of benzene rings is 2. The topological polar surface area (TPSA) is 67.6 Å². The fourth-order valence-corrected chi connectivity index (χ4v) is 1.93. The molecule has 0 bridgehead atoms. The van der Waals surface area contributed by atoms with Gasteiger partial charge in [-0.3, -0.25) is 5.32 Å². The van der Waals surface area contributed by atoms with Crippen molar-refractivity contribution in [3.63, 3.8) is 0 Å². The number of nitrogens with one attached hydrogen (secondary N) is 1. The molecule has 0 spiro atoms. The van der Waals surface area contributed by atoms with E-state index in [1.165, 1.54) is 6.07 Å². The van der Waals surface area contributed by atoms with E-state index >= 15 is 0 Å². The van der Waals surface area contributed by atoms with Gasteiger partial charge in [0.25, 0.3) is 0 Å². The predicted molar refractivity (Wildman–Crippen MR) is 85.2 cm³/mol. The molecule has 0 aliphatic heterocycles. The van der Waals surface area contributed by atoms with Crippen LogP contribution in [0.1, 0.15) is 12.5 Å². The summed E-state index contributed by atoms with van der Waals surface area (Å²) < 4.78 is 18.9. The van der Waals surface area contributed by atoms with Crippen molar-refractivity contribution >= 4 is 23.2 Å². The third-order valence-electron chi connectivity index (χ3n) is 2.99. The van der Waals surface area contributed by atoms with Crippen LogP contribution in [-0.4, -0.2) is 12.7 Å². The molecule has 0 heterocycles. The number of carbonyl (C=O) groups is 1. The second kappa shape index (κ2) is 7.31. The van der Waals surface area contributed by atoms with Gasteiger partial charge in [-0.05, 0) is 30.7 Å². The Balaban J connectivity index is 2.06. The molecule has 0 unspecified atom stereocenters. The number of ether oxygens (including phenoxy) is 1. The zero-order valence-corrected chi connectivity index (χ0v) is 12.3. The van der Waals surface area contributed by atoms with Crippen LogP contribution in [0, 0.1) is 0 Å². The Morgan fingerprint density at radius 2 is 2.00 bits per heavy atom. The molecule has 0 fully saturated rings. The van der Waals surface area contributed by atoms with Crippen molar-refractivity contribution in [2.45, 2.75) is 13.5 Å². The van der Waals surface area contributed by atoms with Gasteiger partial charge in [-0.1, -0.05) is 34.8 Å². The molecule has 2 aromatic carbocycles. The van der Waals surface area contributed by atoms with Gasteiger partial charge in [0.05, 0.1) is 30.2 Å². The van der Waals surface area contributed by atoms with Gasteiger partial charge in [0.2, 0.25) is 0 Å². The first-order valence-electron chi connectivity index (χ1n) is 6.90. The Morgan fingerprint density at radius 1 is 1.27 bits per heavy atom. The normalized spacial score (nSPS) is 10.1. The number of nitrogen functional groups attached to an aromatic ring is 1. The smallest absolute Gasteiger partial charge is 0.411 e. The highest BCUT2D eigenvalue weighted by atomic mass is 19.2. The molecule has 1 amide bonds. The van der Waals surface area contributed by atoms with Gasteiger partial charge >= 0.3 is 6.09 Å². The maximum absolute atomic E-state index is 14.2. The summed E-state index contributed by atoms with van der Waals surface area (Å²) in [6.07, 6.45) is -0.594. The number of rotatable bonds is 5. The fourth-order valence-electron chi connectivity index (χ4n) is 1.93. The Bertz CT molecular complexity index is 635. The Kier molecular flexibility index (Phi) is 5.19. The summed E-state index contributed by atoms with van der Waals surface area (Å²) in [5.41, 5.74) is 7.64. The van der Waals surface area contributed by atoms with Crippen LogP contribution in [0.15, 0.2) is 48.5 Å². The average Bonchev–Trinajstić information content (AvgIpc) is 2.50. The van der Waals surface area contributed by atoms with Crippen molar-refractivity contribution in [3.05, 3.63) is 54.1 Å². The van der Waals surface area contributed by atoms with Gasteiger partial charge in [0.1, 0.15) is 0 Å². The molecule has 3 N–H and O–H groups in total. The summed E-state index contributed by atoms with van der Waals surface area (Å²) in [4.78, 5) is 11.4. The number of hydrogen-bond acceptors (Lipinski definition) is 4.